The van der Waals surface area contributed by atoms with Gasteiger partial charge in [-0.05, 0) is 6.42 Å². The fraction of sp³-hybridized carbons (Fsp3) is 0.455. The van der Waals surface area contributed by atoms with Crippen LogP contribution < -0.4 is 0 Å². The van der Waals surface area contributed by atoms with Gasteiger partial charge in [0.2, 0.25) is 5.88 Å². The lowest BCUT2D eigenvalue weighted by Crippen LogP contribution is -2.48. The van der Waals surface area contributed by atoms with Crippen LogP contribution in [-0.4, -0.2) is 49.3 Å². The molecule has 1 fully saturated rings. The number of aromatic hydroxyl groups is 1. The van der Waals surface area contributed by atoms with Crippen molar-refractivity contribution < 1.29 is 10.2 Å². The van der Waals surface area contributed by atoms with E-state index >= 15 is 0 Å². The Hall–Kier alpha value is -1.66. The normalized spacial score (nSPS) is 20.6. The number of H-pyrrole nitrogens is 1. The van der Waals surface area contributed by atoms with Gasteiger partial charge in [-0.1, -0.05) is 0 Å². The molecule has 1 atom stereocenters. The van der Waals surface area contributed by atoms with Crippen molar-refractivity contribution >= 4 is 11.0 Å². The maximum absolute atomic E-state index is 9.55. The highest BCUT2D eigenvalue weighted by molar-refractivity contribution is 5.82. The topological polar surface area (TPSA) is 85.3 Å². The molecule has 1 aliphatic rings. The maximum Gasteiger partial charge on any atom is 0.239 e. The lowest BCUT2D eigenvalue weighted by atomic mass is 10.0. The minimum absolute atomic E-state index is 0.0245. The number of fused-ring (bicyclic) bond motifs is 1. The molecule has 1 unspecified atom stereocenters. The van der Waals surface area contributed by atoms with E-state index in [1.807, 2.05) is 6.20 Å². The smallest absolute Gasteiger partial charge is 0.239 e. The molecule has 1 saturated heterocycles. The fourth-order valence-corrected chi connectivity index (χ4v) is 2.23. The first-order chi connectivity index (χ1) is 8.29. The van der Waals surface area contributed by atoms with Gasteiger partial charge in [0.05, 0.1) is 12.1 Å². The molecule has 2 aromatic heterocycles. The van der Waals surface area contributed by atoms with Gasteiger partial charge in [-0.15, -0.1) is 0 Å². The lowest BCUT2D eigenvalue weighted by Gasteiger charge is -2.39. The Balaban J connectivity index is 1.88. The zero-order chi connectivity index (χ0) is 11.8. The average Bonchev–Trinajstić information content (AvgIpc) is 2.70. The Labute approximate surface area is 97.9 Å². The number of aliphatic hydroxyl groups excluding tert-OH is 1. The second-order valence-electron chi connectivity index (χ2n) is 4.33. The molecule has 17 heavy (non-hydrogen) atoms. The van der Waals surface area contributed by atoms with Gasteiger partial charge in [-0.2, -0.15) is 0 Å². The van der Waals surface area contributed by atoms with Crippen molar-refractivity contribution in [2.75, 3.05) is 13.2 Å². The second-order valence-corrected chi connectivity index (χ2v) is 4.33. The number of rotatable bonds is 3. The molecule has 6 heteroatoms. The summed E-state index contributed by atoms with van der Waals surface area (Å²) in [6, 6.07) is 0.260. The van der Waals surface area contributed by atoms with Crippen LogP contribution in [0.15, 0.2) is 12.5 Å². The Morgan fingerprint density at radius 2 is 2.35 bits per heavy atom. The van der Waals surface area contributed by atoms with Crippen molar-refractivity contribution in [2.24, 2.45) is 0 Å². The standard InChI is InChI=1S/C11H14N4O2/c16-5-8-1-2-15(8)4-7-3-12-10-9(7)13-6-14-11(10)17/h3,6,8,12,16H,1-2,4-5H2,(H,13,14,17). The maximum atomic E-state index is 9.55. The van der Waals surface area contributed by atoms with Crippen LogP contribution in [0.3, 0.4) is 0 Å². The van der Waals surface area contributed by atoms with Gasteiger partial charge in [-0.3, -0.25) is 4.90 Å². The third-order valence-corrected chi connectivity index (χ3v) is 3.37. The Morgan fingerprint density at radius 3 is 3.06 bits per heavy atom. The first kappa shape index (κ1) is 10.5. The number of nitrogens with zero attached hydrogens (tertiary/aromatic N) is 3. The summed E-state index contributed by atoms with van der Waals surface area (Å²) in [7, 11) is 0. The monoisotopic (exact) mass is 234 g/mol. The van der Waals surface area contributed by atoms with Gasteiger partial charge >= 0.3 is 0 Å². The number of aromatic nitrogens is 3. The summed E-state index contributed by atoms with van der Waals surface area (Å²) in [5.74, 6) is -0.0245. The highest BCUT2D eigenvalue weighted by Crippen LogP contribution is 2.26. The molecular weight excluding hydrogens is 220 g/mol. The van der Waals surface area contributed by atoms with Crippen LogP contribution in [0.25, 0.3) is 11.0 Å². The van der Waals surface area contributed by atoms with Crippen LogP contribution in [-0.2, 0) is 6.54 Å². The van der Waals surface area contributed by atoms with Crippen LogP contribution in [0.2, 0.25) is 0 Å². The second kappa shape index (κ2) is 3.97. The molecule has 3 N–H and O–H groups in total. The van der Waals surface area contributed by atoms with Crippen LogP contribution in [0.4, 0.5) is 0 Å². The van der Waals surface area contributed by atoms with Gasteiger partial charge in [0.15, 0.2) is 0 Å². The van der Waals surface area contributed by atoms with Crippen LogP contribution in [0.5, 0.6) is 5.88 Å². The summed E-state index contributed by atoms with van der Waals surface area (Å²) in [4.78, 5) is 13.1. The number of aliphatic hydroxyl groups is 1. The van der Waals surface area contributed by atoms with E-state index in [0.29, 0.717) is 5.52 Å². The molecule has 0 bridgehead atoms. The molecule has 0 aromatic carbocycles. The van der Waals surface area contributed by atoms with Gasteiger partial charge in [-0.25, -0.2) is 9.97 Å². The summed E-state index contributed by atoms with van der Waals surface area (Å²) in [6.07, 6.45) is 4.24. The highest BCUT2D eigenvalue weighted by Gasteiger charge is 2.27. The Kier molecular flexibility index (Phi) is 2.45. The van der Waals surface area contributed by atoms with E-state index in [1.165, 1.54) is 6.33 Å². The fourth-order valence-electron chi connectivity index (χ4n) is 2.23. The molecular formula is C11H14N4O2. The lowest BCUT2D eigenvalue weighted by molar-refractivity contribution is 0.0359. The van der Waals surface area contributed by atoms with E-state index in [4.69, 9.17) is 5.11 Å². The van der Waals surface area contributed by atoms with Gasteiger partial charge in [0, 0.05) is 30.9 Å². The van der Waals surface area contributed by atoms with E-state index < -0.39 is 0 Å². The molecule has 0 aliphatic carbocycles. The van der Waals surface area contributed by atoms with Crippen molar-refractivity contribution in [2.45, 2.75) is 19.0 Å². The molecule has 2 aromatic rings. The Bertz CT molecular complexity index is 537. The van der Waals surface area contributed by atoms with E-state index in [9.17, 15) is 5.11 Å². The molecule has 0 radical (unpaired) electrons. The zero-order valence-electron chi connectivity index (χ0n) is 9.30. The summed E-state index contributed by atoms with van der Waals surface area (Å²) >= 11 is 0. The minimum Gasteiger partial charge on any atom is -0.492 e. The number of aromatic amines is 1. The summed E-state index contributed by atoms with van der Waals surface area (Å²) < 4.78 is 0. The zero-order valence-corrected chi connectivity index (χ0v) is 9.30. The third-order valence-electron chi connectivity index (χ3n) is 3.37. The molecule has 90 valence electrons. The molecule has 0 spiro atoms. The number of hydrogen-bond acceptors (Lipinski definition) is 5. The molecule has 3 heterocycles. The first-order valence-electron chi connectivity index (χ1n) is 5.64. The molecule has 0 amide bonds. The van der Waals surface area contributed by atoms with Crippen molar-refractivity contribution in [3.63, 3.8) is 0 Å². The van der Waals surface area contributed by atoms with Gasteiger partial charge < -0.3 is 15.2 Å². The van der Waals surface area contributed by atoms with Crippen molar-refractivity contribution in [1.29, 1.82) is 0 Å². The predicted octanol–water partition coefficient (Wildman–Crippen LogP) is 0.230. The first-order valence-corrected chi connectivity index (χ1v) is 5.64. The largest absolute Gasteiger partial charge is 0.492 e. The van der Waals surface area contributed by atoms with Crippen LogP contribution in [0.1, 0.15) is 12.0 Å². The summed E-state index contributed by atoms with van der Waals surface area (Å²) in [5, 5.41) is 18.7. The van der Waals surface area contributed by atoms with Crippen LogP contribution in [0, 0.1) is 0 Å². The molecule has 3 rings (SSSR count). The van der Waals surface area contributed by atoms with Crippen LogP contribution >= 0.6 is 0 Å². The molecule has 1 aliphatic heterocycles. The van der Waals surface area contributed by atoms with Gasteiger partial charge in [0.25, 0.3) is 0 Å². The van der Waals surface area contributed by atoms with Crippen molar-refractivity contribution in [3.05, 3.63) is 18.1 Å². The van der Waals surface area contributed by atoms with E-state index in [2.05, 4.69) is 19.9 Å². The van der Waals surface area contributed by atoms with E-state index in [-0.39, 0.29) is 18.5 Å². The highest BCUT2D eigenvalue weighted by atomic mass is 16.3. The predicted molar refractivity (Wildman–Crippen MR) is 61.5 cm³/mol. The number of hydrogen-bond donors (Lipinski definition) is 3. The molecule has 0 saturated carbocycles. The van der Waals surface area contributed by atoms with Crippen molar-refractivity contribution in [3.8, 4) is 5.88 Å². The summed E-state index contributed by atoms with van der Waals surface area (Å²) in [5.41, 5.74) is 2.35. The number of likely N-dealkylation sites (tertiary alicyclic amines) is 1. The average molecular weight is 234 g/mol. The Morgan fingerprint density at radius 1 is 1.47 bits per heavy atom. The molecule has 6 nitrogen and oxygen atoms in total. The minimum atomic E-state index is -0.0245. The number of nitrogens with one attached hydrogen (secondary N) is 1. The van der Waals surface area contributed by atoms with E-state index in [1.54, 1.807) is 0 Å². The van der Waals surface area contributed by atoms with Gasteiger partial charge in [0.1, 0.15) is 11.8 Å². The van der Waals surface area contributed by atoms with Crippen molar-refractivity contribution in [1.82, 2.24) is 19.9 Å². The quantitative estimate of drug-likeness (QED) is 0.708. The van der Waals surface area contributed by atoms with E-state index in [0.717, 1.165) is 30.6 Å². The summed E-state index contributed by atoms with van der Waals surface area (Å²) in [6.45, 7) is 1.93. The third kappa shape index (κ3) is 1.65. The SMILES string of the molecule is OCC1CCN1Cc1c[nH]c2c(O)ncnc12.